The van der Waals surface area contributed by atoms with E-state index >= 15 is 0 Å². The minimum absolute atomic E-state index is 0. The largest absolute Gasteiger partial charge is 0.325 e. The molecule has 1 aromatic heterocycles. The molecule has 0 saturated carbocycles. The Kier molecular flexibility index (Phi) is 6.13. The molecule has 0 amide bonds. The quantitative estimate of drug-likeness (QED) is 0.878. The van der Waals surface area contributed by atoms with Crippen molar-refractivity contribution >= 4 is 51.5 Å². The highest BCUT2D eigenvalue weighted by Gasteiger charge is 1.96. The van der Waals surface area contributed by atoms with Gasteiger partial charge >= 0.3 is 0 Å². The lowest BCUT2D eigenvalue weighted by atomic mass is 10.1. The first-order valence-corrected chi connectivity index (χ1v) is 4.83. The molecular formula is C10H11BrCl2N2. The van der Waals surface area contributed by atoms with Crippen LogP contribution in [0.25, 0.3) is 10.8 Å². The molecule has 1 heterocycles. The molecule has 2 nitrogen and oxygen atoms in total. The zero-order valence-corrected chi connectivity index (χ0v) is 11.0. The molecule has 0 radical (unpaired) electrons. The van der Waals surface area contributed by atoms with Crippen LogP contribution in [0.4, 0.5) is 0 Å². The molecule has 0 spiro atoms. The van der Waals surface area contributed by atoms with Gasteiger partial charge in [-0.2, -0.15) is 0 Å². The first-order valence-electron chi connectivity index (χ1n) is 4.04. The Bertz CT molecular complexity index is 448. The van der Waals surface area contributed by atoms with E-state index in [1.807, 2.05) is 24.4 Å². The van der Waals surface area contributed by atoms with E-state index < -0.39 is 0 Å². The molecule has 2 rings (SSSR count). The van der Waals surface area contributed by atoms with Crippen LogP contribution in [-0.4, -0.2) is 4.98 Å². The van der Waals surface area contributed by atoms with Crippen LogP contribution < -0.4 is 5.73 Å². The van der Waals surface area contributed by atoms with Crippen molar-refractivity contribution in [3.63, 3.8) is 0 Å². The summed E-state index contributed by atoms with van der Waals surface area (Å²) in [6.07, 6.45) is 1.85. The summed E-state index contributed by atoms with van der Waals surface area (Å²) in [6, 6.07) is 8.13. The molecule has 15 heavy (non-hydrogen) atoms. The maximum absolute atomic E-state index is 5.50. The van der Waals surface area contributed by atoms with Gasteiger partial charge in [0.25, 0.3) is 0 Å². The molecule has 0 fully saturated rings. The Balaban J connectivity index is 0.000000980. The maximum atomic E-state index is 5.50. The number of aromatic nitrogens is 1. The second kappa shape index (κ2) is 6.28. The van der Waals surface area contributed by atoms with Crippen molar-refractivity contribution in [2.75, 3.05) is 0 Å². The van der Waals surface area contributed by atoms with Gasteiger partial charge in [0.05, 0.1) is 5.69 Å². The van der Waals surface area contributed by atoms with Crippen molar-refractivity contribution in [1.29, 1.82) is 0 Å². The van der Waals surface area contributed by atoms with Crippen molar-refractivity contribution in [2.45, 2.75) is 6.54 Å². The normalized spacial score (nSPS) is 9.20. The van der Waals surface area contributed by atoms with Gasteiger partial charge in [0, 0.05) is 22.6 Å². The molecule has 0 aliphatic carbocycles. The first-order chi connectivity index (χ1) is 6.29. The van der Waals surface area contributed by atoms with Gasteiger partial charge in [-0.1, -0.05) is 22.0 Å². The van der Waals surface area contributed by atoms with E-state index in [2.05, 4.69) is 27.0 Å². The molecule has 2 N–H and O–H groups in total. The third kappa shape index (κ3) is 3.31. The fraction of sp³-hybridized carbons (Fsp3) is 0.100. The van der Waals surface area contributed by atoms with Crippen LogP contribution in [0, 0.1) is 0 Å². The zero-order valence-electron chi connectivity index (χ0n) is 7.81. The van der Waals surface area contributed by atoms with Crippen molar-refractivity contribution in [3.05, 3.63) is 40.6 Å². The van der Waals surface area contributed by atoms with Crippen molar-refractivity contribution in [1.82, 2.24) is 4.98 Å². The maximum Gasteiger partial charge on any atom is 0.0545 e. The topological polar surface area (TPSA) is 38.9 Å². The predicted molar refractivity (Wildman–Crippen MR) is 71.8 cm³/mol. The highest BCUT2D eigenvalue weighted by atomic mass is 79.9. The van der Waals surface area contributed by atoms with Gasteiger partial charge < -0.3 is 5.73 Å². The molecule has 0 aliphatic heterocycles. The van der Waals surface area contributed by atoms with Gasteiger partial charge in [-0.05, 0) is 23.6 Å². The Hall–Kier alpha value is -0.350. The number of nitrogens with zero attached hydrogens (tertiary/aromatic N) is 1. The third-order valence-electron chi connectivity index (χ3n) is 1.95. The van der Waals surface area contributed by atoms with Crippen LogP contribution in [0.5, 0.6) is 0 Å². The second-order valence-electron chi connectivity index (χ2n) is 2.87. The lowest BCUT2D eigenvalue weighted by molar-refractivity contribution is 0.998. The second-order valence-corrected chi connectivity index (χ2v) is 3.79. The molecule has 1 aromatic carbocycles. The molecule has 2 aromatic rings. The third-order valence-corrected chi connectivity index (χ3v) is 2.44. The number of nitrogens with two attached hydrogens (primary N) is 1. The van der Waals surface area contributed by atoms with E-state index in [9.17, 15) is 0 Å². The van der Waals surface area contributed by atoms with Crippen LogP contribution in [-0.2, 0) is 6.54 Å². The molecule has 0 bridgehead atoms. The van der Waals surface area contributed by atoms with Crippen LogP contribution in [0.2, 0.25) is 0 Å². The van der Waals surface area contributed by atoms with Gasteiger partial charge in [-0.15, -0.1) is 24.8 Å². The fourth-order valence-electron chi connectivity index (χ4n) is 1.27. The summed E-state index contributed by atoms with van der Waals surface area (Å²) < 4.78 is 1.07. The van der Waals surface area contributed by atoms with Gasteiger partial charge in [0.15, 0.2) is 0 Å². The van der Waals surface area contributed by atoms with E-state index in [0.717, 1.165) is 15.6 Å². The number of pyridine rings is 1. The number of fused-ring (bicyclic) bond motifs is 1. The lowest BCUT2D eigenvalue weighted by Crippen LogP contribution is -1.98. The Labute approximate surface area is 109 Å². The fourth-order valence-corrected chi connectivity index (χ4v) is 1.65. The van der Waals surface area contributed by atoms with Crippen LogP contribution in [0.1, 0.15) is 5.69 Å². The average molecular weight is 310 g/mol. The van der Waals surface area contributed by atoms with Crippen molar-refractivity contribution in [3.8, 4) is 0 Å². The summed E-state index contributed by atoms with van der Waals surface area (Å²) in [7, 11) is 0. The summed E-state index contributed by atoms with van der Waals surface area (Å²) in [5.41, 5.74) is 6.42. The summed E-state index contributed by atoms with van der Waals surface area (Å²) in [6.45, 7) is 0.492. The zero-order chi connectivity index (χ0) is 9.26. The molecule has 0 aliphatic rings. The van der Waals surface area contributed by atoms with Crippen molar-refractivity contribution < 1.29 is 0 Å². The molecule has 0 saturated heterocycles. The highest BCUT2D eigenvalue weighted by molar-refractivity contribution is 9.10. The summed E-state index contributed by atoms with van der Waals surface area (Å²) >= 11 is 3.42. The monoisotopic (exact) mass is 308 g/mol. The smallest absolute Gasteiger partial charge is 0.0545 e. The van der Waals surface area contributed by atoms with Gasteiger partial charge in [-0.3, -0.25) is 4.98 Å². The van der Waals surface area contributed by atoms with E-state index in [0.29, 0.717) is 6.54 Å². The average Bonchev–Trinajstić information content (AvgIpc) is 2.17. The van der Waals surface area contributed by atoms with Crippen LogP contribution >= 0.6 is 40.7 Å². The summed E-state index contributed by atoms with van der Waals surface area (Å²) in [4.78, 5) is 4.22. The molecular weight excluding hydrogens is 299 g/mol. The van der Waals surface area contributed by atoms with Gasteiger partial charge in [0.2, 0.25) is 0 Å². The van der Waals surface area contributed by atoms with E-state index in [4.69, 9.17) is 5.73 Å². The van der Waals surface area contributed by atoms with Crippen molar-refractivity contribution in [2.24, 2.45) is 5.73 Å². The lowest BCUT2D eigenvalue weighted by Gasteiger charge is -2.00. The number of halogens is 3. The Morgan fingerprint density at radius 2 is 1.87 bits per heavy atom. The Morgan fingerprint density at radius 3 is 2.53 bits per heavy atom. The summed E-state index contributed by atoms with van der Waals surface area (Å²) in [5, 5.41) is 2.31. The number of rotatable bonds is 1. The minimum atomic E-state index is 0. The van der Waals surface area contributed by atoms with Crippen LogP contribution in [0.15, 0.2) is 34.9 Å². The van der Waals surface area contributed by atoms with Gasteiger partial charge in [0.1, 0.15) is 0 Å². The SMILES string of the molecule is Cl.Cl.NCc1cc2ccc(Br)cc2cn1. The minimum Gasteiger partial charge on any atom is -0.325 e. The summed E-state index contributed by atoms with van der Waals surface area (Å²) in [5.74, 6) is 0. The first kappa shape index (κ1) is 14.6. The van der Waals surface area contributed by atoms with E-state index in [1.54, 1.807) is 0 Å². The standard InChI is InChI=1S/C10H9BrN2.2ClH/c11-9-2-1-7-4-10(5-12)13-6-8(7)3-9;;/h1-4,6H,5,12H2;2*1H. The predicted octanol–water partition coefficient (Wildman–Crippen LogP) is 3.30. The molecule has 0 atom stereocenters. The van der Waals surface area contributed by atoms with E-state index in [-0.39, 0.29) is 24.8 Å². The van der Waals surface area contributed by atoms with Gasteiger partial charge in [-0.25, -0.2) is 0 Å². The van der Waals surface area contributed by atoms with E-state index in [1.165, 1.54) is 5.39 Å². The number of benzene rings is 1. The number of hydrogen-bond acceptors (Lipinski definition) is 2. The Morgan fingerprint density at radius 1 is 1.13 bits per heavy atom. The number of hydrogen-bond donors (Lipinski definition) is 1. The molecule has 0 unspecified atom stereocenters. The highest BCUT2D eigenvalue weighted by Crippen LogP contribution is 2.19. The molecule has 5 heteroatoms. The molecule has 82 valence electrons. The van der Waals surface area contributed by atoms with Crippen LogP contribution in [0.3, 0.4) is 0 Å².